The van der Waals surface area contributed by atoms with E-state index in [1.165, 1.54) is 0 Å². The molecule has 30 heavy (non-hydrogen) atoms. The highest BCUT2D eigenvalue weighted by molar-refractivity contribution is 6.59. The molecule has 0 amide bonds. The number of allylic oxidation sites excluding steroid dienone is 8. The lowest BCUT2D eigenvalue weighted by atomic mass is 9.61. The Balaban J connectivity index is 3.09. The van der Waals surface area contributed by atoms with Crippen molar-refractivity contribution in [1.82, 2.24) is 0 Å². The molecule has 0 radical (unpaired) electrons. The van der Waals surface area contributed by atoms with Crippen molar-refractivity contribution in [1.29, 1.82) is 0 Å². The molecule has 0 aromatic rings. The molecule has 166 valence electrons. The van der Waals surface area contributed by atoms with Crippen molar-refractivity contribution in [3.05, 3.63) is 45.4 Å². The highest BCUT2D eigenvalue weighted by Gasteiger charge is 2.30. The van der Waals surface area contributed by atoms with Gasteiger partial charge >= 0.3 is 13.8 Å². The van der Waals surface area contributed by atoms with E-state index < -0.39 is 0 Å². The van der Waals surface area contributed by atoms with E-state index in [1.807, 2.05) is 67.4 Å². The second-order valence-electron chi connectivity index (χ2n) is 10.6. The molecular formula is C25H42B2O3. The molecule has 0 aromatic carbocycles. The summed E-state index contributed by atoms with van der Waals surface area (Å²) in [5.41, 5.74) is 5.28. The average Bonchev–Trinajstić information content (AvgIpc) is 2.77. The van der Waals surface area contributed by atoms with Gasteiger partial charge in [0.25, 0.3) is 0 Å². The van der Waals surface area contributed by atoms with Gasteiger partial charge in [-0.3, -0.25) is 4.79 Å². The molecule has 3 nitrogen and oxygen atoms in total. The summed E-state index contributed by atoms with van der Waals surface area (Å²) >= 11 is 0. The van der Waals surface area contributed by atoms with E-state index in [-0.39, 0.29) is 30.8 Å². The van der Waals surface area contributed by atoms with Gasteiger partial charge in [0.1, 0.15) is 0 Å². The van der Waals surface area contributed by atoms with Crippen LogP contribution in [0.5, 0.6) is 0 Å². The van der Waals surface area contributed by atoms with Crippen LogP contribution in [0, 0.1) is 5.92 Å². The molecule has 0 N–H and O–H groups in total. The van der Waals surface area contributed by atoms with E-state index in [0.717, 1.165) is 33.2 Å². The summed E-state index contributed by atoms with van der Waals surface area (Å²) in [5.74, 6) is 0.490. The minimum Gasteiger partial charge on any atom is -0.427 e. The molecule has 0 aromatic heterocycles. The highest BCUT2D eigenvalue weighted by atomic mass is 16.5. The van der Waals surface area contributed by atoms with Crippen molar-refractivity contribution in [2.75, 3.05) is 0 Å². The minimum absolute atomic E-state index is 0.0496. The normalized spacial score (nSPS) is 16.9. The fraction of sp³-hybridized carbons (Fsp3) is 0.640. The molecule has 0 saturated heterocycles. The molecule has 0 bridgehead atoms. The van der Waals surface area contributed by atoms with Crippen LogP contribution in [0.15, 0.2) is 45.4 Å². The van der Waals surface area contributed by atoms with Crippen LogP contribution in [0.4, 0.5) is 0 Å². The van der Waals surface area contributed by atoms with Gasteiger partial charge in [0, 0.05) is 22.3 Å². The second-order valence-corrected chi connectivity index (χ2v) is 10.6. The average molecular weight is 412 g/mol. The van der Waals surface area contributed by atoms with E-state index in [2.05, 4.69) is 34.5 Å². The first-order valence-corrected chi connectivity index (χ1v) is 11.2. The lowest BCUT2D eigenvalue weighted by Crippen LogP contribution is -2.37. The Labute approximate surface area is 186 Å². The summed E-state index contributed by atoms with van der Waals surface area (Å²) in [6.45, 7) is 26.8. The molecule has 0 saturated carbocycles. The molecule has 5 heteroatoms. The largest absolute Gasteiger partial charge is 0.427 e. The Hall–Kier alpha value is -1.32. The topological polar surface area (TPSA) is 35.5 Å². The van der Waals surface area contributed by atoms with Crippen LogP contribution < -0.4 is 0 Å². The van der Waals surface area contributed by atoms with Crippen molar-refractivity contribution < 1.29 is 14.1 Å². The van der Waals surface area contributed by atoms with E-state index in [4.69, 9.17) is 9.31 Å². The molecular weight excluding hydrogens is 370 g/mol. The number of Topliss-reactive ketones (excluding diaryl/α,β-unsaturated/α-hetero) is 1. The van der Waals surface area contributed by atoms with Gasteiger partial charge in [0.05, 0.1) is 0 Å². The molecule has 0 heterocycles. The third-order valence-electron chi connectivity index (χ3n) is 6.29. The number of hydrogen-bond acceptors (Lipinski definition) is 3. The van der Waals surface area contributed by atoms with E-state index >= 15 is 0 Å². The SMILES string of the molecule is CB(OC(C)(C)C)/C(C)=C/C1=C(C)C(C)=C(/C=C(\C)B(C)OC(C)(C)C(C)C)C1=O. The Bertz CT molecular complexity index is 790. The van der Waals surface area contributed by atoms with Crippen LogP contribution >= 0.6 is 0 Å². The van der Waals surface area contributed by atoms with Crippen LogP contribution in [-0.2, 0) is 14.1 Å². The summed E-state index contributed by atoms with van der Waals surface area (Å²) in [6.07, 6.45) is 4.00. The van der Waals surface area contributed by atoms with Gasteiger partial charge in [-0.25, -0.2) is 0 Å². The maximum absolute atomic E-state index is 13.2. The molecule has 1 aliphatic rings. The number of carbonyl (C=O) groups is 1. The van der Waals surface area contributed by atoms with Gasteiger partial charge in [0.2, 0.25) is 0 Å². The van der Waals surface area contributed by atoms with Gasteiger partial charge in [0.15, 0.2) is 5.78 Å². The standard InChI is InChI=1S/C25H42B2O3/c1-16(2)25(10,11)30-27(13)18(4)15-22-20(6)19(5)21(23(22)28)14-17(3)26(12)29-24(7,8)9/h14-16H,1-13H3/b17-14+,18-15+. The van der Waals surface area contributed by atoms with E-state index in [0.29, 0.717) is 5.92 Å². The van der Waals surface area contributed by atoms with E-state index in [9.17, 15) is 4.79 Å². The monoisotopic (exact) mass is 412 g/mol. The van der Waals surface area contributed by atoms with Gasteiger partial charge < -0.3 is 9.31 Å². The van der Waals surface area contributed by atoms with Crippen molar-refractivity contribution in [2.24, 2.45) is 5.92 Å². The molecule has 0 spiro atoms. The molecule has 1 aliphatic carbocycles. The smallest absolute Gasteiger partial charge is 0.319 e. The van der Waals surface area contributed by atoms with Gasteiger partial charge in [-0.15, -0.1) is 0 Å². The third-order valence-corrected chi connectivity index (χ3v) is 6.29. The van der Waals surface area contributed by atoms with Gasteiger partial charge in [-0.2, -0.15) is 0 Å². The number of carbonyl (C=O) groups excluding carboxylic acids is 1. The van der Waals surface area contributed by atoms with Crippen molar-refractivity contribution in [2.45, 2.75) is 101 Å². The molecule has 1 rings (SSSR count). The maximum atomic E-state index is 13.2. The van der Waals surface area contributed by atoms with Gasteiger partial charge in [-0.05, 0) is 79.4 Å². The van der Waals surface area contributed by atoms with Crippen molar-refractivity contribution in [3.63, 3.8) is 0 Å². The van der Waals surface area contributed by atoms with Crippen LogP contribution in [-0.4, -0.2) is 30.8 Å². The zero-order chi connectivity index (χ0) is 23.6. The summed E-state index contributed by atoms with van der Waals surface area (Å²) < 4.78 is 12.3. The first kappa shape index (κ1) is 26.7. The summed E-state index contributed by atoms with van der Waals surface area (Å²) in [5, 5.41) is 0. The molecule has 0 unspecified atom stereocenters. The Kier molecular flexibility index (Phi) is 8.79. The quantitative estimate of drug-likeness (QED) is 0.417. The molecule has 0 aliphatic heterocycles. The summed E-state index contributed by atoms with van der Waals surface area (Å²) in [7, 11) is 0. The van der Waals surface area contributed by atoms with Crippen LogP contribution in [0.3, 0.4) is 0 Å². The van der Waals surface area contributed by atoms with Crippen molar-refractivity contribution >= 4 is 19.6 Å². The van der Waals surface area contributed by atoms with Crippen LogP contribution in [0.1, 0.15) is 76.2 Å². The van der Waals surface area contributed by atoms with Crippen LogP contribution in [0.2, 0.25) is 13.6 Å². The highest BCUT2D eigenvalue weighted by Crippen LogP contribution is 2.33. The Morgan fingerprint density at radius 3 is 1.53 bits per heavy atom. The van der Waals surface area contributed by atoms with Gasteiger partial charge in [-0.1, -0.05) is 50.6 Å². The third kappa shape index (κ3) is 6.85. The Morgan fingerprint density at radius 1 is 0.833 bits per heavy atom. The lowest BCUT2D eigenvalue weighted by molar-refractivity contribution is -0.111. The summed E-state index contributed by atoms with van der Waals surface area (Å²) in [6, 6.07) is 0. The minimum atomic E-state index is -0.225. The number of rotatable bonds is 8. The molecule has 0 atom stereocenters. The lowest BCUT2D eigenvalue weighted by Gasteiger charge is -2.33. The Morgan fingerprint density at radius 2 is 1.20 bits per heavy atom. The first-order chi connectivity index (χ1) is 13.5. The number of hydrogen-bond donors (Lipinski definition) is 0. The second kappa shape index (κ2) is 9.87. The van der Waals surface area contributed by atoms with Crippen LogP contribution in [0.25, 0.3) is 0 Å². The van der Waals surface area contributed by atoms with E-state index in [1.54, 1.807) is 0 Å². The fourth-order valence-corrected chi connectivity index (χ4v) is 3.24. The number of ketones is 1. The predicted molar refractivity (Wildman–Crippen MR) is 132 cm³/mol. The zero-order valence-corrected chi connectivity index (χ0v) is 21.6. The maximum Gasteiger partial charge on any atom is 0.319 e. The fourth-order valence-electron chi connectivity index (χ4n) is 3.24. The summed E-state index contributed by atoms with van der Waals surface area (Å²) in [4.78, 5) is 13.2. The zero-order valence-electron chi connectivity index (χ0n) is 21.6. The predicted octanol–water partition coefficient (Wildman–Crippen LogP) is 6.68. The molecule has 0 fully saturated rings. The first-order valence-electron chi connectivity index (χ1n) is 11.2. The van der Waals surface area contributed by atoms with Crippen molar-refractivity contribution in [3.8, 4) is 0 Å².